The SMILES string of the molecule is Cc1nc(-c2cccs2)sc1C(=O)NC(C)CCC(C)C. The van der Waals surface area contributed by atoms with Gasteiger partial charge in [0.25, 0.3) is 5.91 Å². The van der Waals surface area contributed by atoms with Crippen LogP contribution in [0, 0.1) is 12.8 Å². The molecule has 0 aliphatic heterocycles. The Kier molecular flexibility index (Phi) is 5.53. The van der Waals surface area contributed by atoms with E-state index in [9.17, 15) is 4.79 Å². The van der Waals surface area contributed by atoms with Crippen LogP contribution in [0.1, 0.15) is 49.0 Å². The van der Waals surface area contributed by atoms with Crippen molar-refractivity contribution in [3.63, 3.8) is 0 Å². The van der Waals surface area contributed by atoms with Gasteiger partial charge < -0.3 is 5.32 Å². The molecule has 2 aromatic rings. The minimum Gasteiger partial charge on any atom is -0.349 e. The molecule has 0 radical (unpaired) electrons. The lowest BCUT2D eigenvalue weighted by Crippen LogP contribution is -2.32. The fourth-order valence-corrected chi connectivity index (χ4v) is 3.82. The molecule has 2 aromatic heterocycles. The van der Waals surface area contributed by atoms with Crippen LogP contribution in [0.3, 0.4) is 0 Å². The topological polar surface area (TPSA) is 42.0 Å². The van der Waals surface area contributed by atoms with Gasteiger partial charge in [-0.3, -0.25) is 4.79 Å². The summed E-state index contributed by atoms with van der Waals surface area (Å²) < 4.78 is 0. The van der Waals surface area contributed by atoms with E-state index in [1.807, 2.05) is 24.4 Å². The first-order chi connectivity index (χ1) is 9.97. The molecular weight excluding hydrogens is 300 g/mol. The molecule has 3 nitrogen and oxygen atoms in total. The normalized spacial score (nSPS) is 12.6. The number of hydrogen-bond acceptors (Lipinski definition) is 4. The largest absolute Gasteiger partial charge is 0.349 e. The maximum absolute atomic E-state index is 12.4. The van der Waals surface area contributed by atoms with Crippen molar-refractivity contribution in [2.75, 3.05) is 0 Å². The zero-order valence-electron chi connectivity index (χ0n) is 13.0. The van der Waals surface area contributed by atoms with Crippen molar-refractivity contribution in [1.82, 2.24) is 10.3 Å². The monoisotopic (exact) mass is 322 g/mol. The van der Waals surface area contributed by atoms with Crippen LogP contribution in [-0.2, 0) is 0 Å². The summed E-state index contributed by atoms with van der Waals surface area (Å²) in [5, 5.41) is 6.05. The quantitative estimate of drug-likeness (QED) is 0.835. The molecule has 2 rings (SSSR count). The molecule has 1 N–H and O–H groups in total. The van der Waals surface area contributed by atoms with Gasteiger partial charge in [-0.15, -0.1) is 22.7 Å². The highest BCUT2D eigenvalue weighted by Gasteiger charge is 2.18. The van der Waals surface area contributed by atoms with Crippen molar-refractivity contribution in [2.24, 2.45) is 5.92 Å². The average molecular weight is 322 g/mol. The Morgan fingerprint density at radius 2 is 2.10 bits per heavy atom. The lowest BCUT2D eigenvalue weighted by atomic mass is 10.0. The molecule has 0 aromatic carbocycles. The van der Waals surface area contributed by atoms with Crippen molar-refractivity contribution >= 4 is 28.6 Å². The lowest BCUT2D eigenvalue weighted by Gasteiger charge is -2.14. The molecule has 0 saturated carbocycles. The maximum atomic E-state index is 12.4. The minimum absolute atomic E-state index is 0.00376. The first kappa shape index (κ1) is 16.2. The van der Waals surface area contributed by atoms with E-state index in [1.54, 1.807) is 11.3 Å². The van der Waals surface area contributed by atoms with Crippen molar-refractivity contribution in [3.05, 3.63) is 28.1 Å². The second kappa shape index (κ2) is 7.18. The highest BCUT2D eigenvalue weighted by atomic mass is 32.1. The number of nitrogens with one attached hydrogen (secondary N) is 1. The Labute approximate surface area is 134 Å². The van der Waals surface area contributed by atoms with Crippen molar-refractivity contribution < 1.29 is 4.79 Å². The summed E-state index contributed by atoms with van der Waals surface area (Å²) in [6, 6.07) is 4.24. The van der Waals surface area contributed by atoms with Gasteiger partial charge in [-0.2, -0.15) is 0 Å². The van der Waals surface area contributed by atoms with Gasteiger partial charge in [0.2, 0.25) is 0 Å². The molecule has 2 heterocycles. The second-order valence-corrected chi connectivity index (χ2v) is 7.70. The fraction of sp³-hybridized carbons (Fsp3) is 0.500. The molecule has 0 aliphatic rings. The van der Waals surface area contributed by atoms with Crippen molar-refractivity contribution in [1.29, 1.82) is 0 Å². The Bertz CT molecular complexity index is 587. The Balaban J connectivity index is 2.03. The lowest BCUT2D eigenvalue weighted by molar-refractivity contribution is 0.0940. The zero-order valence-corrected chi connectivity index (χ0v) is 14.6. The smallest absolute Gasteiger partial charge is 0.263 e. The first-order valence-electron chi connectivity index (χ1n) is 7.29. The Morgan fingerprint density at radius 3 is 2.71 bits per heavy atom. The average Bonchev–Trinajstić information content (AvgIpc) is 3.05. The first-order valence-corrected chi connectivity index (χ1v) is 8.99. The van der Waals surface area contributed by atoms with E-state index < -0.39 is 0 Å². The van der Waals surface area contributed by atoms with Gasteiger partial charge in [-0.25, -0.2) is 4.98 Å². The van der Waals surface area contributed by atoms with Crippen LogP contribution in [-0.4, -0.2) is 16.9 Å². The summed E-state index contributed by atoms with van der Waals surface area (Å²) in [5.41, 5.74) is 0.817. The number of carbonyl (C=O) groups excluding carboxylic acids is 1. The summed E-state index contributed by atoms with van der Waals surface area (Å²) in [5.74, 6) is 0.670. The van der Waals surface area contributed by atoms with E-state index in [0.717, 1.165) is 33.3 Å². The number of amides is 1. The van der Waals surface area contributed by atoms with Crippen molar-refractivity contribution in [3.8, 4) is 9.88 Å². The van der Waals surface area contributed by atoms with E-state index in [2.05, 4.69) is 31.1 Å². The number of thiazole rings is 1. The third-order valence-electron chi connectivity index (χ3n) is 3.29. The van der Waals surface area contributed by atoms with Crippen LogP contribution >= 0.6 is 22.7 Å². The third-order valence-corrected chi connectivity index (χ3v) is 5.48. The molecule has 0 fully saturated rings. The van der Waals surface area contributed by atoms with Gasteiger partial charge in [-0.05, 0) is 44.1 Å². The summed E-state index contributed by atoms with van der Waals surface area (Å²) in [6.45, 7) is 8.38. The number of thiophene rings is 1. The molecule has 114 valence electrons. The van der Waals surface area contributed by atoms with Crippen LogP contribution < -0.4 is 5.32 Å². The van der Waals surface area contributed by atoms with Gasteiger partial charge in [-0.1, -0.05) is 19.9 Å². The summed E-state index contributed by atoms with van der Waals surface area (Å²) in [6.07, 6.45) is 2.14. The third kappa shape index (κ3) is 4.38. The molecule has 1 atom stereocenters. The minimum atomic E-state index is 0.00376. The number of aryl methyl sites for hydroxylation is 1. The summed E-state index contributed by atoms with van der Waals surface area (Å²) >= 11 is 3.13. The number of hydrogen-bond donors (Lipinski definition) is 1. The highest BCUT2D eigenvalue weighted by molar-refractivity contribution is 7.22. The van der Waals surface area contributed by atoms with Gasteiger partial charge >= 0.3 is 0 Å². The van der Waals surface area contributed by atoms with E-state index in [-0.39, 0.29) is 11.9 Å². The summed E-state index contributed by atoms with van der Waals surface area (Å²) in [4.78, 5) is 18.7. The van der Waals surface area contributed by atoms with Crippen LogP contribution in [0.5, 0.6) is 0 Å². The standard InChI is InChI=1S/C16H22N2OS2/c1-10(2)7-8-11(3)17-15(19)14-12(4)18-16(21-14)13-6-5-9-20-13/h5-6,9-11H,7-8H2,1-4H3,(H,17,19). The van der Waals surface area contributed by atoms with Gasteiger partial charge in [0, 0.05) is 6.04 Å². The number of carbonyl (C=O) groups is 1. The molecule has 1 unspecified atom stereocenters. The van der Waals surface area contributed by atoms with Crippen LogP contribution in [0.4, 0.5) is 0 Å². The number of nitrogens with zero attached hydrogens (tertiary/aromatic N) is 1. The highest BCUT2D eigenvalue weighted by Crippen LogP contribution is 2.31. The zero-order chi connectivity index (χ0) is 15.4. The second-order valence-electron chi connectivity index (χ2n) is 5.76. The molecule has 5 heteroatoms. The van der Waals surface area contributed by atoms with E-state index in [1.165, 1.54) is 11.3 Å². The fourth-order valence-electron chi connectivity index (χ4n) is 2.06. The van der Waals surface area contributed by atoms with E-state index in [4.69, 9.17) is 0 Å². The van der Waals surface area contributed by atoms with E-state index >= 15 is 0 Å². The molecule has 1 amide bonds. The molecule has 0 bridgehead atoms. The van der Waals surface area contributed by atoms with Crippen LogP contribution in [0.25, 0.3) is 9.88 Å². The van der Waals surface area contributed by atoms with Crippen molar-refractivity contribution in [2.45, 2.75) is 46.6 Å². The van der Waals surface area contributed by atoms with Crippen LogP contribution in [0.2, 0.25) is 0 Å². The predicted octanol–water partition coefficient (Wildman–Crippen LogP) is 4.73. The van der Waals surface area contributed by atoms with Gasteiger partial charge in [0.1, 0.15) is 9.88 Å². The predicted molar refractivity (Wildman–Crippen MR) is 91.2 cm³/mol. The molecule has 21 heavy (non-hydrogen) atoms. The number of rotatable bonds is 6. The maximum Gasteiger partial charge on any atom is 0.263 e. The van der Waals surface area contributed by atoms with Gasteiger partial charge in [0.15, 0.2) is 0 Å². The molecular formula is C16H22N2OS2. The summed E-state index contributed by atoms with van der Waals surface area (Å²) in [7, 11) is 0. The molecule has 0 spiro atoms. The van der Waals surface area contributed by atoms with Crippen LogP contribution in [0.15, 0.2) is 17.5 Å². The molecule has 0 saturated heterocycles. The Hall–Kier alpha value is -1.20. The number of aromatic nitrogens is 1. The van der Waals surface area contributed by atoms with E-state index in [0.29, 0.717) is 5.92 Å². The Morgan fingerprint density at radius 1 is 1.33 bits per heavy atom. The van der Waals surface area contributed by atoms with Gasteiger partial charge in [0.05, 0.1) is 10.6 Å². The molecule has 0 aliphatic carbocycles.